The van der Waals surface area contributed by atoms with Crippen molar-refractivity contribution in [2.24, 2.45) is 0 Å². The van der Waals surface area contributed by atoms with E-state index >= 15 is 0 Å². The van der Waals surface area contributed by atoms with Crippen molar-refractivity contribution in [2.75, 3.05) is 11.9 Å². The van der Waals surface area contributed by atoms with Gasteiger partial charge >= 0.3 is 0 Å². The molecule has 0 bridgehead atoms. The summed E-state index contributed by atoms with van der Waals surface area (Å²) in [7, 11) is 0. The molecule has 0 aromatic heterocycles. The molecule has 0 saturated carbocycles. The SMILES string of the molecule is CC(C)NC(=O)CCNc1c(F)cc(Br)cc1F. The first-order chi connectivity index (χ1) is 8.40. The van der Waals surface area contributed by atoms with E-state index in [1.54, 1.807) is 0 Å². The van der Waals surface area contributed by atoms with Crippen LogP contribution in [-0.4, -0.2) is 18.5 Å². The molecular weight excluding hydrogens is 306 g/mol. The summed E-state index contributed by atoms with van der Waals surface area (Å²) in [5.41, 5.74) is -0.212. The van der Waals surface area contributed by atoms with Crippen LogP contribution in [0.2, 0.25) is 0 Å². The van der Waals surface area contributed by atoms with Crippen LogP contribution in [0.3, 0.4) is 0 Å². The van der Waals surface area contributed by atoms with E-state index in [1.807, 2.05) is 13.8 Å². The van der Waals surface area contributed by atoms with Gasteiger partial charge in [-0.3, -0.25) is 4.79 Å². The van der Waals surface area contributed by atoms with Crippen LogP contribution >= 0.6 is 15.9 Å². The molecule has 1 aromatic rings. The van der Waals surface area contributed by atoms with Crippen LogP contribution < -0.4 is 10.6 Å². The second-order valence-electron chi connectivity index (χ2n) is 4.14. The molecule has 0 atom stereocenters. The molecule has 100 valence electrons. The molecule has 2 N–H and O–H groups in total. The quantitative estimate of drug-likeness (QED) is 0.875. The predicted octanol–water partition coefficient (Wildman–Crippen LogP) is 3.05. The van der Waals surface area contributed by atoms with Crippen molar-refractivity contribution in [1.29, 1.82) is 0 Å². The largest absolute Gasteiger partial charge is 0.380 e. The van der Waals surface area contributed by atoms with Crippen molar-refractivity contribution in [1.82, 2.24) is 5.32 Å². The fourth-order valence-corrected chi connectivity index (χ4v) is 1.81. The van der Waals surface area contributed by atoms with Crippen LogP contribution in [-0.2, 0) is 4.79 Å². The van der Waals surface area contributed by atoms with Crippen molar-refractivity contribution >= 4 is 27.5 Å². The van der Waals surface area contributed by atoms with Crippen LogP contribution in [0.25, 0.3) is 0 Å². The van der Waals surface area contributed by atoms with Crippen molar-refractivity contribution < 1.29 is 13.6 Å². The highest BCUT2D eigenvalue weighted by Crippen LogP contribution is 2.23. The standard InChI is InChI=1S/C12H15BrF2N2O/c1-7(2)17-11(18)3-4-16-12-9(14)5-8(13)6-10(12)15/h5-7,16H,3-4H2,1-2H3,(H,17,18). The monoisotopic (exact) mass is 320 g/mol. The van der Waals surface area contributed by atoms with E-state index in [4.69, 9.17) is 0 Å². The minimum atomic E-state index is -0.689. The Kier molecular flexibility index (Phi) is 5.53. The van der Waals surface area contributed by atoms with Gasteiger partial charge in [0.1, 0.15) is 17.3 Å². The van der Waals surface area contributed by atoms with Gasteiger partial charge in [-0.15, -0.1) is 0 Å². The van der Waals surface area contributed by atoms with Gasteiger partial charge in [-0.2, -0.15) is 0 Å². The second kappa shape index (κ2) is 6.68. The van der Waals surface area contributed by atoms with Gasteiger partial charge in [0.05, 0.1) is 0 Å². The van der Waals surface area contributed by atoms with Crippen molar-refractivity contribution in [3.8, 4) is 0 Å². The topological polar surface area (TPSA) is 41.1 Å². The van der Waals surface area contributed by atoms with E-state index in [9.17, 15) is 13.6 Å². The Morgan fingerprint density at radius 1 is 1.33 bits per heavy atom. The number of anilines is 1. The third kappa shape index (κ3) is 4.60. The summed E-state index contributed by atoms with van der Waals surface area (Å²) in [5, 5.41) is 5.27. The highest BCUT2D eigenvalue weighted by atomic mass is 79.9. The number of carbonyl (C=O) groups excluding carboxylic acids is 1. The number of benzene rings is 1. The Morgan fingerprint density at radius 3 is 2.39 bits per heavy atom. The van der Waals surface area contributed by atoms with Gasteiger partial charge in [0.25, 0.3) is 0 Å². The van der Waals surface area contributed by atoms with E-state index in [2.05, 4.69) is 26.6 Å². The highest BCUT2D eigenvalue weighted by molar-refractivity contribution is 9.10. The predicted molar refractivity (Wildman–Crippen MR) is 70.4 cm³/mol. The maximum Gasteiger partial charge on any atom is 0.221 e. The third-order valence-corrected chi connectivity index (χ3v) is 2.57. The first-order valence-corrected chi connectivity index (χ1v) is 6.37. The number of hydrogen-bond donors (Lipinski definition) is 2. The minimum absolute atomic E-state index is 0.0543. The molecule has 0 heterocycles. The Bertz CT molecular complexity index is 415. The number of rotatable bonds is 5. The highest BCUT2D eigenvalue weighted by Gasteiger charge is 2.10. The normalized spacial score (nSPS) is 10.6. The number of amides is 1. The van der Waals surface area contributed by atoms with Crippen LogP contribution in [0.4, 0.5) is 14.5 Å². The van der Waals surface area contributed by atoms with Gasteiger partial charge in [0, 0.05) is 23.5 Å². The Hall–Kier alpha value is -1.17. The molecule has 3 nitrogen and oxygen atoms in total. The molecular formula is C12H15BrF2N2O. The summed E-state index contributed by atoms with van der Waals surface area (Å²) in [6, 6.07) is 2.39. The summed E-state index contributed by atoms with van der Waals surface area (Å²) < 4.78 is 27.2. The number of halogens is 3. The zero-order chi connectivity index (χ0) is 13.7. The third-order valence-electron chi connectivity index (χ3n) is 2.11. The molecule has 0 fully saturated rings. The zero-order valence-corrected chi connectivity index (χ0v) is 11.8. The first kappa shape index (κ1) is 14.9. The van der Waals surface area contributed by atoms with Gasteiger partial charge in [0.15, 0.2) is 0 Å². The summed E-state index contributed by atoms with van der Waals surface area (Å²) in [6.07, 6.45) is 0.160. The maximum absolute atomic E-state index is 13.4. The Labute approximate surface area is 113 Å². The Morgan fingerprint density at radius 2 is 1.89 bits per heavy atom. The average molecular weight is 321 g/mol. The van der Waals surface area contributed by atoms with Crippen LogP contribution in [0.5, 0.6) is 0 Å². The lowest BCUT2D eigenvalue weighted by Gasteiger charge is -2.11. The van der Waals surface area contributed by atoms with Crippen molar-refractivity contribution in [3.05, 3.63) is 28.2 Å². The summed E-state index contributed by atoms with van der Waals surface area (Å²) in [6.45, 7) is 3.87. The minimum Gasteiger partial charge on any atom is -0.380 e. The second-order valence-corrected chi connectivity index (χ2v) is 5.06. The van der Waals surface area contributed by atoms with E-state index in [-0.39, 0.29) is 30.6 Å². The van der Waals surface area contributed by atoms with Gasteiger partial charge in [-0.1, -0.05) is 15.9 Å². The lowest BCUT2D eigenvalue weighted by Crippen LogP contribution is -2.31. The molecule has 0 aliphatic carbocycles. The Balaban J connectivity index is 2.52. The molecule has 0 saturated heterocycles. The molecule has 0 aliphatic heterocycles. The van der Waals surface area contributed by atoms with Crippen LogP contribution in [0.15, 0.2) is 16.6 Å². The van der Waals surface area contributed by atoms with Crippen molar-refractivity contribution in [3.63, 3.8) is 0 Å². The van der Waals surface area contributed by atoms with Crippen LogP contribution in [0, 0.1) is 11.6 Å². The average Bonchev–Trinajstić information content (AvgIpc) is 2.20. The molecule has 1 rings (SSSR count). The van der Waals surface area contributed by atoms with Crippen LogP contribution in [0.1, 0.15) is 20.3 Å². The molecule has 0 radical (unpaired) electrons. The maximum atomic E-state index is 13.4. The van der Waals surface area contributed by atoms with Gasteiger partial charge in [-0.05, 0) is 26.0 Å². The molecule has 1 amide bonds. The fourth-order valence-electron chi connectivity index (χ4n) is 1.41. The van der Waals surface area contributed by atoms with Gasteiger partial charge in [-0.25, -0.2) is 8.78 Å². The molecule has 0 unspecified atom stereocenters. The van der Waals surface area contributed by atoms with E-state index < -0.39 is 11.6 Å². The molecule has 18 heavy (non-hydrogen) atoms. The summed E-state index contributed by atoms with van der Waals surface area (Å²) >= 11 is 2.99. The van der Waals surface area contributed by atoms with E-state index in [0.29, 0.717) is 4.47 Å². The van der Waals surface area contributed by atoms with Gasteiger partial charge < -0.3 is 10.6 Å². The van der Waals surface area contributed by atoms with Crippen molar-refractivity contribution in [2.45, 2.75) is 26.3 Å². The molecule has 0 spiro atoms. The lowest BCUT2D eigenvalue weighted by atomic mass is 10.2. The first-order valence-electron chi connectivity index (χ1n) is 5.58. The number of hydrogen-bond acceptors (Lipinski definition) is 2. The molecule has 1 aromatic carbocycles. The van der Waals surface area contributed by atoms with E-state index in [0.717, 1.165) is 0 Å². The van der Waals surface area contributed by atoms with Gasteiger partial charge in [0.2, 0.25) is 5.91 Å². The summed E-state index contributed by atoms with van der Waals surface area (Å²) in [5.74, 6) is -1.53. The molecule has 6 heteroatoms. The number of carbonyl (C=O) groups is 1. The zero-order valence-electron chi connectivity index (χ0n) is 10.2. The molecule has 0 aliphatic rings. The fraction of sp³-hybridized carbons (Fsp3) is 0.417. The lowest BCUT2D eigenvalue weighted by molar-refractivity contribution is -0.121. The summed E-state index contributed by atoms with van der Waals surface area (Å²) in [4.78, 5) is 11.3. The van der Waals surface area contributed by atoms with E-state index in [1.165, 1.54) is 12.1 Å². The smallest absolute Gasteiger partial charge is 0.221 e. The number of nitrogens with one attached hydrogen (secondary N) is 2.